The van der Waals surface area contributed by atoms with E-state index in [0.29, 0.717) is 0 Å². The molecule has 1 heterocycles. The summed E-state index contributed by atoms with van der Waals surface area (Å²) in [6.07, 6.45) is 5.83. The SMILES string of the molecule is CO[C@H]1C[C@@H](C(=O)N2CCCCC2)CC[C@@H]1NC(C)=O. The van der Waals surface area contributed by atoms with Gasteiger partial charge >= 0.3 is 0 Å². The quantitative estimate of drug-likeness (QED) is 0.849. The first-order valence-electron chi connectivity index (χ1n) is 7.70. The molecule has 1 aliphatic heterocycles. The van der Waals surface area contributed by atoms with Crippen LogP contribution in [0.5, 0.6) is 0 Å². The van der Waals surface area contributed by atoms with Crippen LogP contribution in [-0.4, -0.2) is 49.1 Å². The molecular weight excluding hydrogens is 256 g/mol. The smallest absolute Gasteiger partial charge is 0.225 e. The number of ether oxygens (including phenoxy) is 1. The highest BCUT2D eigenvalue weighted by atomic mass is 16.5. The largest absolute Gasteiger partial charge is 0.379 e. The fraction of sp³-hybridized carbons (Fsp3) is 0.867. The monoisotopic (exact) mass is 282 g/mol. The number of likely N-dealkylation sites (tertiary alicyclic amines) is 1. The van der Waals surface area contributed by atoms with Crippen LogP contribution in [0.4, 0.5) is 0 Å². The third kappa shape index (κ3) is 3.72. The van der Waals surface area contributed by atoms with Crippen molar-refractivity contribution in [3.63, 3.8) is 0 Å². The predicted octanol–water partition coefficient (Wildman–Crippen LogP) is 1.32. The van der Waals surface area contributed by atoms with Gasteiger partial charge in [-0.25, -0.2) is 0 Å². The van der Waals surface area contributed by atoms with E-state index in [2.05, 4.69) is 5.32 Å². The van der Waals surface area contributed by atoms with Crippen LogP contribution in [0, 0.1) is 5.92 Å². The second-order valence-corrected chi connectivity index (χ2v) is 5.98. The van der Waals surface area contributed by atoms with Gasteiger partial charge in [-0.15, -0.1) is 0 Å². The minimum Gasteiger partial charge on any atom is -0.379 e. The van der Waals surface area contributed by atoms with Crippen molar-refractivity contribution in [2.45, 2.75) is 57.6 Å². The number of nitrogens with zero attached hydrogens (tertiary/aromatic N) is 1. The Bertz CT molecular complexity index is 353. The molecule has 0 bridgehead atoms. The Kier molecular flexibility index (Phi) is 5.40. The minimum atomic E-state index is -0.0496. The lowest BCUT2D eigenvalue weighted by Crippen LogP contribution is -2.50. The molecule has 0 spiro atoms. The van der Waals surface area contributed by atoms with Gasteiger partial charge in [-0.1, -0.05) is 0 Å². The topological polar surface area (TPSA) is 58.6 Å². The Morgan fingerprint density at radius 3 is 2.45 bits per heavy atom. The molecule has 5 heteroatoms. The van der Waals surface area contributed by atoms with Crippen LogP contribution in [-0.2, 0) is 14.3 Å². The second-order valence-electron chi connectivity index (χ2n) is 5.98. The molecule has 20 heavy (non-hydrogen) atoms. The van der Waals surface area contributed by atoms with Gasteiger partial charge in [0.25, 0.3) is 0 Å². The molecule has 0 radical (unpaired) electrons. The van der Waals surface area contributed by atoms with Crippen LogP contribution in [0.1, 0.15) is 45.4 Å². The zero-order valence-electron chi connectivity index (χ0n) is 12.6. The van der Waals surface area contributed by atoms with E-state index in [-0.39, 0.29) is 29.9 Å². The van der Waals surface area contributed by atoms with Crippen molar-refractivity contribution in [1.82, 2.24) is 10.2 Å². The number of amides is 2. The predicted molar refractivity (Wildman–Crippen MR) is 76.2 cm³/mol. The maximum atomic E-state index is 12.5. The molecule has 114 valence electrons. The Morgan fingerprint density at radius 2 is 1.85 bits per heavy atom. The van der Waals surface area contributed by atoms with Gasteiger partial charge in [0.1, 0.15) is 0 Å². The molecule has 1 saturated heterocycles. The summed E-state index contributed by atoms with van der Waals surface area (Å²) in [5.74, 6) is 0.314. The van der Waals surface area contributed by atoms with Crippen LogP contribution in [0.25, 0.3) is 0 Å². The number of hydrogen-bond acceptors (Lipinski definition) is 3. The highest BCUT2D eigenvalue weighted by Crippen LogP contribution is 2.29. The lowest BCUT2D eigenvalue weighted by Gasteiger charge is -2.37. The van der Waals surface area contributed by atoms with Crippen LogP contribution < -0.4 is 5.32 Å². The van der Waals surface area contributed by atoms with Gasteiger partial charge in [-0.05, 0) is 38.5 Å². The van der Waals surface area contributed by atoms with Gasteiger partial charge in [0.15, 0.2) is 0 Å². The fourth-order valence-corrected chi connectivity index (χ4v) is 3.41. The van der Waals surface area contributed by atoms with E-state index >= 15 is 0 Å². The molecule has 0 aromatic heterocycles. The van der Waals surface area contributed by atoms with Crippen LogP contribution in [0.2, 0.25) is 0 Å². The average molecular weight is 282 g/mol. The standard InChI is InChI=1S/C15H26N2O3/c1-11(18)16-13-7-6-12(10-14(13)20-2)15(19)17-8-4-3-5-9-17/h12-14H,3-10H2,1-2H3,(H,16,18)/t12-,13-,14-/m0/s1. The van der Waals surface area contributed by atoms with Gasteiger partial charge < -0.3 is 15.0 Å². The molecule has 1 aliphatic carbocycles. The Hall–Kier alpha value is -1.10. The van der Waals surface area contributed by atoms with Gasteiger partial charge in [0.2, 0.25) is 11.8 Å². The number of nitrogens with one attached hydrogen (secondary N) is 1. The van der Waals surface area contributed by atoms with Gasteiger partial charge in [-0.3, -0.25) is 9.59 Å². The summed E-state index contributed by atoms with van der Waals surface area (Å²) in [7, 11) is 1.66. The summed E-state index contributed by atoms with van der Waals surface area (Å²) in [5, 5.41) is 2.93. The van der Waals surface area contributed by atoms with E-state index in [1.807, 2.05) is 4.90 Å². The number of piperidine rings is 1. The zero-order valence-corrected chi connectivity index (χ0v) is 12.6. The summed E-state index contributed by atoms with van der Waals surface area (Å²) < 4.78 is 5.49. The van der Waals surface area contributed by atoms with Gasteiger partial charge in [0.05, 0.1) is 12.1 Å². The first-order chi connectivity index (χ1) is 9.61. The lowest BCUT2D eigenvalue weighted by molar-refractivity contribution is -0.139. The summed E-state index contributed by atoms with van der Waals surface area (Å²) in [5.41, 5.74) is 0. The molecule has 2 amide bonds. The highest BCUT2D eigenvalue weighted by molar-refractivity contribution is 5.79. The third-order valence-electron chi connectivity index (χ3n) is 4.50. The number of methoxy groups -OCH3 is 1. The van der Waals surface area contributed by atoms with Crippen molar-refractivity contribution < 1.29 is 14.3 Å². The van der Waals surface area contributed by atoms with Gasteiger partial charge in [-0.2, -0.15) is 0 Å². The van der Waals surface area contributed by atoms with Crippen molar-refractivity contribution in [2.24, 2.45) is 5.92 Å². The van der Waals surface area contributed by atoms with Crippen LogP contribution >= 0.6 is 0 Å². The van der Waals surface area contributed by atoms with E-state index < -0.39 is 0 Å². The lowest BCUT2D eigenvalue weighted by atomic mass is 9.82. The summed E-state index contributed by atoms with van der Waals surface area (Å²) in [6.45, 7) is 3.34. The van der Waals surface area contributed by atoms with E-state index in [1.54, 1.807) is 7.11 Å². The second kappa shape index (κ2) is 7.07. The third-order valence-corrected chi connectivity index (χ3v) is 4.50. The van der Waals surface area contributed by atoms with Crippen molar-refractivity contribution in [2.75, 3.05) is 20.2 Å². The van der Waals surface area contributed by atoms with Crippen molar-refractivity contribution in [1.29, 1.82) is 0 Å². The summed E-state index contributed by atoms with van der Waals surface area (Å²) in [6, 6.07) is 0.0444. The minimum absolute atomic E-state index is 0.0298. The molecule has 2 rings (SSSR count). The highest BCUT2D eigenvalue weighted by Gasteiger charge is 2.36. The normalized spacial score (nSPS) is 30.9. The number of carbonyl (C=O) groups excluding carboxylic acids is 2. The number of carbonyl (C=O) groups is 2. The van der Waals surface area contributed by atoms with Crippen molar-refractivity contribution >= 4 is 11.8 Å². The maximum absolute atomic E-state index is 12.5. The molecule has 0 aromatic rings. The van der Waals surface area contributed by atoms with E-state index in [0.717, 1.165) is 45.2 Å². The molecule has 5 nitrogen and oxygen atoms in total. The fourth-order valence-electron chi connectivity index (χ4n) is 3.41. The molecule has 3 atom stereocenters. The number of hydrogen-bond donors (Lipinski definition) is 1. The Balaban J connectivity index is 1.91. The molecule has 1 saturated carbocycles. The Labute approximate surface area is 121 Å². The first-order valence-corrected chi connectivity index (χ1v) is 7.70. The number of rotatable bonds is 3. The summed E-state index contributed by atoms with van der Waals surface area (Å²) >= 11 is 0. The van der Waals surface area contributed by atoms with Gasteiger partial charge in [0, 0.05) is 33.0 Å². The molecule has 0 unspecified atom stereocenters. The summed E-state index contributed by atoms with van der Waals surface area (Å²) in [4.78, 5) is 25.7. The van der Waals surface area contributed by atoms with Crippen LogP contribution in [0.3, 0.4) is 0 Å². The molecule has 2 fully saturated rings. The van der Waals surface area contributed by atoms with Crippen LogP contribution in [0.15, 0.2) is 0 Å². The molecule has 1 N–H and O–H groups in total. The Morgan fingerprint density at radius 1 is 1.15 bits per heavy atom. The van der Waals surface area contributed by atoms with E-state index in [4.69, 9.17) is 4.74 Å². The average Bonchev–Trinajstić information content (AvgIpc) is 2.47. The molecule has 2 aliphatic rings. The van der Waals surface area contributed by atoms with E-state index in [1.165, 1.54) is 13.3 Å². The molecule has 0 aromatic carbocycles. The zero-order chi connectivity index (χ0) is 14.5. The first kappa shape index (κ1) is 15.3. The molecular formula is C15H26N2O3. The van der Waals surface area contributed by atoms with E-state index in [9.17, 15) is 9.59 Å². The van der Waals surface area contributed by atoms with Crippen molar-refractivity contribution in [3.05, 3.63) is 0 Å². The maximum Gasteiger partial charge on any atom is 0.225 e. The van der Waals surface area contributed by atoms with Crippen molar-refractivity contribution in [3.8, 4) is 0 Å².